The molecule has 0 atom stereocenters. The number of hydrogen-bond acceptors (Lipinski definition) is 4. The Morgan fingerprint density at radius 1 is 1.35 bits per heavy atom. The second-order valence-corrected chi connectivity index (χ2v) is 6.03. The molecule has 0 spiro atoms. The monoisotopic (exact) mass is 286 g/mol. The zero-order valence-corrected chi connectivity index (χ0v) is 11.6. The van der Waals surface area contributed by atoms with Crippen LogP contribution in [0.1, 0.15) is 0 Å². The molecule has 1 aromatic rings. The van der Waals surface area contributed by atoms with Crippen LogP contribution in [0.3, 0.4) is 0 Å². The van der Waals surface area contributed by atoms with E-state index in [2.05, 4.69) is 0 Å². The third-order valence-corrected chi connectivity index (χ3v) is 4.87. The Labute approximate surface area is 114 Å². The third kappa shape index (κ3) is 3.21. The number of hydrogen-bond donors (Lipinski definition) is 0. The predicted octanol–water partition coefficient (Wildman–Crippen LogP) is 3.61. The number of esters is 1. The first kappa shape index (κ1) is 12.9. The van der Waals surface area contributed by atoms with Crippen LogP contribution < -0.4 is 0 Å². The lowest BCUT2D eigenvalue weighted by Gasteiger charge is -2.05. The van der Waals surface area contributed by atoms with E-state index in [1.165, 1.54) is 7.11 Å². The molecule has 0 fully saturated rings. The highest BCUT2D eigenvalue weighted by molar-refractivity contribution is 8.06. The maximum Gasteiger partial charge on any atom is 0.335 e. The molecule has 2 nitrogen and oxygen atoms in total. The zero-order chi connectivity index (χ0) is 12.3. The average molecular weight is 287 g/mol. The highest BCUT2D eigenvalue weighted by atomic mass is 35.5. The number of halogens is 1. The van der Waals surface area contributed by atoms with Crippen molar-refractivity contribution in [2.45, 2.75) is 4.90 Å². The number of rotatable bonds is 3. The summed E-state index contributed by atoms with van der Waals surface area (Å²) >= 11 is 9.18. The van der Waals surface area contributed by atoms with Crippen LogP contribution in [0.4, 0.5) is 0 Å². The van der Waals surface area contributed by atoms with Crippen molar-refractivity contribution in [3.63, 3.8) is 0 Å². The fourth-order valence-corrected chi connectivity index (χ4v) is 3.94. The van der Waals surface area contributed by atoms with Gasteiger partial charge in [-0.2, -0.15) is 11.8 Å². The maximum atomic E-state index is 11.5. The smallest absolute Gasteiger partial charge is 0.335 e. The molecule has 90 valence electrons. The molecule has 17 heavy (non-hydrogen) atoms. The third-order valence-electron chi connectivity index (χ3n) is 2.30. The van der Waals surface area contributed by atoms with Crippen LogP contribution in [-0.4, -0.2) is 24.6 Å². The van der Waals surface area contributed by atoms with Crippen LogP contribution in [0.25, 0.3) is 0 Å². The fraction of sp³-hybridized carbons (Fsp3) is 0.250. The first-order valence-electron chi connectivity index (χ1n) is 5.02. The Morgan fingerprint density at radius 2 is 2.06 bits per heavy atom. The summed E-state index contributed by atoms with van der Waals surface area (Å²) in [6, 6.07) is 7.62. The van der Waals surface area contributed by atoms with E-state index in [0.29, 0.717) is 0 Å². The average Bonchev–Trinajstić information content (AvgIpc) is 2.79. The molecule has 1 aliphatic heterocycles. The van der Waals surface area contributed by atoms with Gasteiger partial charge in [0.2, 0.25) is 0 Å². The molecule has 2 rings (SSSR count). The summed E-state index contributed by atoms with van der Waals surface area (Å²) in [6.45, 7) is 0. The molecule has 5 heteroatoms. The lowest BCUT2D eigenvalue weighted by Crippen LogP contribution is -2.05. The summed E-state index contributed by atoms with van der Waals surface area (Å²) in [5.74, 6) is 1.40. The number of methoxy groups -OCH3 is 1. The van der Waals surface area contributed by atoms with Crippen LogP contribution in [0.5, 0.6) is 0 Å². The fourth-order valence-electron chi connectivity index (χ4n) is 1.45. The van der Waals surface area contributed by atoms with Gasteiger partial charge in [-0.05, 0) is 24.3 Å². The summed E-state index contributed by atoms with van der Waals surface area (Å²) in [7, 11) is 1.42. The van der Waals surface area contributed by atoms with E-state index in [-0.39, 0.29) is 5.97 Å². The van der Waals surface area contributed by atoms with Crippen molar-refractivity contribution in [1.82, 2.24) is 0 Å². The number of ether oxygens (including phenoxy) is 1. The Bertz CT molecular complexity index is 454. The van der Waals surface area contributed by atoms with Crippen LogP contribution in [0, 0.1) is 0 Å². The van der Waals surface area contributed by atoms with Gasteiger partial charge in [-0.1, -0.05) is 23.4 Å². The molecule has 0 unspecified atom stereocenters. The van der Waals surface area contributed by atoms with E-state index in [9.17, 15) is 4.79 Å². The minimum atomic E-state index is -0.216. The van der Waals surface area contributed by atoms with Gasteiger partial charge in [0.15, 0.2) is 0 Å². The van der Waals surface area contributed by atoms with Crippen molar-refractivity contribution in [2.24, 2.45) is 0 Å². The first-order chi connectivity index (χ1) is 8.20. The van der Waals surface area contributed by atoms with Crippen molar-refractivity contribution in [1.29, 1.82) is 0 Å². The van der Waals surface area contributed by atoms with E-state index >= 15 is 0 Å². The van der Waals surface area contributed by atoms with Crippen LogP contribution in [0.15, 0.2) is 39.6 Å². The van der Waals surface area contributed by atoms with Crippen LogP contribution in [-0.2, 0) is 9.53 Å². The molecule has 0 aliphatic carbocycles. The van der Waals surface area contributed by atoms with Crippen LogP contribution >= 0.6 is 35.1 Å². The van der Waals surface area contributed by atoms with Gasteiger partial charge in [0.05, 0.1) is 12.7 Å². The van der Waals surface area contributed by atoms with E-state index in [1.807, 2.05) is 24.3 Å². The minimum absolute atomic E-state index is 0.216. The second-order valence-electron chi connectivity index (χ2n) is 3.44. The number of carbonyl (C=O) groups excluding carboxylic acids is 1. The van der Waals surface area contributed by atoms with Crippen molar-refractivity contribution >= 4 is 41.1 Å². The largest absolute Gasteiger partial charge is 0.466 e. The molecule has 0 saturated carbocycles. The molecule has 0 saturated heterocycles. The SMILES string of the molecule is COC(=O)C1=C(Sc2ccc(Cl)cc2)CSC1. The van der Waals surface area contributed by atoms with Gasteiger partial charge in [-0.15, -0.1) is 0 Å². The quantitative estimate of drug-likeness (QED) is 0.793. The number of benzene rings is 1. The van der Waals surface area contributed by atoms with E-state index < -0.39 is 0 Å². The highest BCUT2D eigenvalue weighted by Crippen LogP contribution is 2.37. The van der Waals surface area contributed by atoms with Crippen molar-refractivity contribution < 1.29 is 9.53 Å². The van der Waals surface area contributed by atoms with Crippen molar-refractivity contribution in [3.8, 4) is 0 Å². The van der Waals surface area contributed by atoms with Gasteiger partial charge in [0.25, 0.3) is 0 Å². The van der Waals surface area contributed by atoms with Crippen molar-refractivity contribution in [3.05, 3.63) is 39.8 Å². The summed E-state index contributed by atoms with van der Waals surface area (Å²) < 4.78 is 4.78. The van der Waals surface area contributed by atoms with E-state index in [0.717, 1.165) is 31.9 Å². The molecule has 1 heterocycles. The molecule has 0 N–H and O–H groups in total. The van der Waals surface area contributed by atoms with Crippen molar-refractivity contribution in [2.75, 3.05) is 18.6 Å². The summed E-state index contributed by atoms with van der Waals surface area (Å²) in [6.07, 6.45) is 0. The standard InChI is InChI=1S/C12H11ClO2S2/c1-15-12(14)10-6-16-7-11(10)17-9-4-2-8(13)3-5-9/h2-5H,6-7H2,1H3. The molecule has 0 amide bonds. The summed E-state index contributed by atoms with van der Waals surface area (Å²) in [4.78, 5) is 13.7. The molecule has 0 bridgehead atoms. The molecule has 0 radical (unpaired) electrons. The van der Waals surface area contributed by atoms with Gasteiger partial charge in [-0.25, -0.2) is 4.79 Å². The molecular weight excluding hydrogens is 276 g/mol. The normalized spacial score (nSPS) is 15.2. The Kier molecular flexibility index (Phi) is 4.42. The molecule has 1 aliphatic rings. The Morgan fingerprint density at radius 3 is 2.71 bits per heavy atom. The molecule has 1 aromatic carbocycles. The van der Waals surface area contributed by atoms with Gasteiger partial charge in [-0.3, -0.25) is 0 Å². The van der Waals surface area contributed by atoms with Gasteiger partial charge in [0.1, 0.15) is 0 Å². The number of thioether (sulfide) groups is 2. The van der Waals surface area contributed by atoms with E-state index in [4.69, 9.17) is 16.3 Å². The highest BCUT2D eigenvalue weighted by Gasteiger charge is 2.22. The van der Waals surface area contributed by atoms with Gasteiger partial charge >= 0.3 is 5.97 Å². The lowest BCUT2D eigenvalue weighted by molar-refractivity contribution is -0.135. The molecular formula is C12H11ClO2S2. The minimum Gasteiger partial charge on any atom is -0.466 e. The lowest BCUT2D eigenvalue weighted by atomic mass is 10.3. The van der Waals surface area contributed by atoms with Gasteiger partial charge < -0.3 is 4.74 Å². The Hall–Kier alpha value is -0.580. The summed E-state index contributed by atoms with van der Waals surface area (Å²) in [5.41, 5.74) is 0.789. The Balaban J connectivity index is 2.17. The second kappa shape index (κ2) is 5.85. The molecule has 0 aromatic heterocycles. The number of carbonyl (C=O) groups is 1. The summed E-state index contributed by atoms with van der Waals surface area (Å²) in [5, 5.41) is 0.720. The predicted molar refractivity (Wildman–Crippen MR) is 73.7 cm³/mol. The maximum absolute atomic E-state index is 11.5. The van der Waals surface area contributed by atoms with E-state index in [1.54, 1.807) is 23.5 Å². The van der Waals surface area contributed by atoms with Crippen LogP contribution in [0.2, 0.25) is 5.02 Å². The zero-order valence-electron chi connectivity index (χ0n) is 9.23. The topological polar surface area (TPSA) is 26.3 Å². The van der Waals surface area contributed by atoms with Gasteiger partial charge in [0, 0.05) is 26.3 Å². The first-order valence-corrected chi connectivity index (χ1v) is 7.37.